The van der Waals surface area contributed by atoms with E-state index in [9.17, 15) is 0 Å². The quantitative estimate of drug-likeness (QED) is 0.179. The highest BCUT2D eigenvalue weighted by Gasteiger charge is 2.15. The fourth-order valence-corrected chi connectivity index (χ4v) is 6.34. The van der Waals surface area contributed by atoms with E-state index in [1.165, 1.54) is 0 Å². The Morgan fingerprint density at radius 2 is 0.911 bits per heavy atom. The predicted molar refractivity (Wildman–Crippen MR) is 191 cm³/mol. The third kappa shape index (κ3) is 8.58. The lowest BCUT2D eigenvalue weighted by molar-refractivity contribution is 1.02. The Balaban J connectivity index is 0.000000178. The molecule has 2 heterocycles. The topological polar surface area (TPSA) is 57.4 Å². The second-order valence-corrected chi connectivity index (χ2v) is 13.2. The van der Waals surface area contributed by atoms with Crippen molar-refractivity contribution in [3.63, 3.8) is 0 Å². The summed E-state index contributed by atoms with van der Waals surface area (Å²) in [5, 5.41) is 4.35. The Morgan fingerprint density at radius 1 is 0.489 bits per heavy atom. The molecule has 0 spiro atoms. The third-order valence-corrected chi connectivity index (χ3v) is 8.83. The van der Waals surface area contributed by atoms with Crippen LogP contribution in [0.5, 0.6) is 0 Å². The van der Waals surface area contributed by atoms with Crippen LogP contribution in [0.2, 0.25) is 35.2 Å². The van der Waals surface area contributed by atoms with Gasteiger partial charge in [0.15, 0.2) is 0 Å². The number of nitrogens with zero attached hydrogens (tertiary/aromatic N) is 2. The molecule has 0 aliphatic rings. The van der Waals surface area contributed by atoms with Crippen molar-refractivity contribution < 1.29 is 0 Å². The van der Waals surface area contributed by atoms with Crippen molar-refractivity contribution in [2.75, 3.05) is 0 Å². The number of benzene rings is 4. The minimum absolute atomic E-state index is 0.572. The van der Waals surface area contributed by atoms with Crippen LogP contribution in [0.3, 0.4) is 0 Å². The Hall–Kier alpha value is -2.67. The molecule has 6 rings (SSSR count). The lowest BCUT2D eigenvalue weighted by Crippen LogP contribution is -1.92. The van der Waals surface area contributed by atoms with Crippen molar-refractivity contribution in [3.05, 3.63) is 148 Å². The van der Waals surface area contributed by atoms with Gasteiger partial charge in [-0.15, -0.1) is 0 Å². The molecule has 0 saturated carbocycles. The number of aromatic amines is 2. The van der Waals surface area contributed by atoms with Gasteiger partial charge in [-0.25, -0.2) is 9.97 Å². The molecule has 4 nitrogen and oxygen atoms in total. The van der Waals surface area contributed by atoms with Gasteiger partial charge in [0.05, 0.1) is 21.4 Å². The number of nitrogens with one attached hydrogen (secondary N) is 2. The van der Waals surface area contributed by atoms with Gasteiger partial charge in [-0.3, -0.25) is 0 Å². The summed E-state index contributed by atoms with van der Waals surface area (Å²) >= 11 is 42.5. The Morgan fingerprint density at radius 3 is 1.38 bits per heavy atom. The molecule has 0 saturated heterocycles. The van der Waals surface area contributed by atoms with Crippen LogP contribution in [0.25, 0.3) is 22.5 Å². The molecule has 4 aromatic carbocycles. The van der Waals surface area contributed by atoms with Gasteiger partial charge in [-0.2, -0.15) is 0 Å². The number of aryl methyl sites for hydroxylation is 2. The molecule has 11 heteroatoms. The fraction of sp³-hybridized carbons (Fsp3) is 0.118. The lowest BCUT2D eigenvalue weighted by atomic mass is 10.1. The average Bonchev–Trinajstić information content (AvgIpc) is 3.52. The molecule has 0 fully saturated rings. The zero-order chi connectivity index (χ0) is 32.2. The maximum absolute atomic E-state index is 6.27. The van der Waals surface area contributed by atoms with Gasteiger partial charge < -0.3 is 9.97 Å². The van der Waals surface area contributed by atoms with Crippen molar-refractivity contribution in [3.8, 4) is 22.5 Å². The molecule has 0 bridgehead atoms. The number of aromatic nitrogens is 4. The van der Waals surface area contributed by atoms with Gasteiger partial charge >= 0.3 is 0 Å². The van der Waals surface area contributed by atoms with Crippen LogP contribution in [-0.4, -0.2) is 19.9 Å². The molecular formula is C34H25Cl7N4. The van der Waals surface area contributed by atoms with Crippen LogP contribution in [0, 0.1) is 13.8 Å². The predicted octanol–water partition coefficient (Wildman–Crippen LogP) is 12.5. The molecular weight excluding hydrogens is 713 g/mol. The van der Waals surface area contributed by atoms with Gasteiger partial charge in [0.1, 0.15) is 11.6 Å². The van der Waals surface area contributed by atoms with Gasteiger partial charge in [0.25, 0.3) is 0 Å². The second kappa shape index (κ2) is 14.8. The highest BCUT2D eigenvalue weighted by Crippen LogP contribution is 2.33. The standard InChI is InChI=1S/C17H12Cl4N2.C17H13Cl3N2/c1-9-17(13-5-4-12(19)8-15(13)21)23-16(22-9)6-10-2-3-11(18)7-14(10)20;1-10-17(14-7-6-13(19)9-15(14)20)22-16(21-10)8-11-2-4-12(18)5-3-11/h2-5,7-8H,6H2,1H3,(H,22,23);2-7,9H,8H2,1H3,(H,21,22). The lowest BCUT2D eigenvalue weighted by Gasteiger charge is -2.03. The average molecular weight is 738 g/mol. The summed E-state index contributed by atoms with van der Waals surface area (Å²) in [4.78, 5) is 15.9. The maximum atomic E-state index is 6.27. The molecule has 0 aliphatic heterocycles. The van der Waals surface area contributed by atoms with Gasteiger partial charge in [-0.1, -0.05) is 99.4 Å². The monoisotopic (exact) mass is 734 g/mol. The van der Waals surface area contributed by atoms with E-state index >= 15 is 0 Å². The number of H-pyrrole nitrogens is 2. The van der Waals surface area contributed by atoms with E-state index in [1.807, 2.05) is 68.4 Å². The van der Waals surface area contributed by atoms with E-state index in [-0.39, 0.29) is 0 Å². The zero-order valence-electron chi connectivity index (χ0n) is 24.0. The zero-order valence-corrected chi connectivity index (χ0v) is 29.3. The van der Waals surface area contributed by atoms with Crippen LogP contribution >= 0.6 is 81.2 Å². The summed E-state index contributed by atoms with van der Waals surface area (Å²) in [5.74, 6) is 1.70. The van der Waals surface area contributed by atoms with Crippen LogP contribution in [0.1, 0.15) is 34.2 Å². The number of imidazole rings is 2. The highest BCUT2D eigenvalue weighted by molar-refractivity contribution is 6.37. The molecule has 0 amide bonds. The Kier molecular flexibility index (Phi) is 11.1. The first-order valence-electron chi connectivity index (χ1n) is 13.7. The first kappa shape index (κ1) is 33.7. The summed E-state index contributed by atoms with van der Waals surface area (Å²) in [6.45, 7) is 3.94. The van der Waals surface area contributed by atoms with E-state index in [1.54, 1.807) is 24.3 Å². The smallest absolute Gasteiger partial charge is 0.111 e. The van der Waals surface area contributed by atoms with E-state index in [2.05, 4.69) is 19.9 Å². The number of rotatable bonds is 6. The number of hydrogen-bond donors (Lipinski definition) is 2. The molecule has 230 valence electrons. The van der Waals surface area contributed by atoms with E-state index < -0.39 is 0 Å². The van der Waals surface area contributed by atoms with Crippen molar-refractivity contribution in [1.82, 2.24) is 19.9 Å². The summed E-state index contributed by atoms with van der Waals surface area (Å²) in [6, 6.07) is 24.0. The summed E-state index contributed by atoms with van der Waals surface area (Å²) in [6.07, 6.45) is 1.30. The van der Waals surface area contributed by atoms with Crippen molar-refractivity contribution >= 4 is 81.2 Å². The highest BCUT2D eigenvalue weighted by atomic mass is 35.5. The third-order valence-electron chi connectivity index (χ3n) is 6.90. The van der Waals surface area contributed by atoms with E-state index in [0.717, 1.165) is 61.7 Å². The van der Waals surface area contributed by atoms with Crippen LogP contribution in [0.15, 0.2) is 78.9 Å². The molecule has 0 unspecified atom stereocenters. The first-order chi connectivity index (χ1) is 21.5. The first-order valence-corrected chi connectivity index (χ1v) is 16.3. The van der Waals surface area contributed by atoms with Crippen molar-refractivity contribution in [2.24, 2.45) is 0 Å². The fourth-order valence-electron chi connectivity index (χ4n) is 4.74. The van der Waals surface area contributed by atoms with Crippen LogP contribution in [0.4, 0.5) is 0 Å². The number of hydrogen-bond acceptors (Lipinski definition) is 2. The largest absolute Gasteiger partial charge is 0.345 e. The molecule has 0 aliphatic carbocycles. The second-order valence-electron chi connectivity index (χ2n) is 10.3. The molecule has 2 N–H and O–H groups in total. The molecule has 0 radical (unpaired) electrons. The summed E-state index contributed by atoms with van der Waals surface area (Å²) < 4.78 is 0. The van der Waals surface area contributed by atoms with E-state index in [4.69, 9.17) is 81.2 Å². The minimum atomic E-state index is 0.572. The normalized spacial score (nSPS) is 11.0. The number of halogens is 7. The minimum Gasteiger partial charge on any atom is -0.345 e. The van der Waals surface area contributed by atoms with Crippen LogP contribution < -0.4 is 0 Å². The summed E-state index contributed by atoms with van der Waals surface area (Å²) in [5.41, 5.74) is 7.41. The Bertz CT molecular complexity index is 1960. The van der Waals surface area contributed by atoms with Crippen molar-refractivity contribution in [2.45, 2.75) is 26.7 Å². The molecule has 2 aromatic heterocycles. The van der Waals surface area contributed by atoms with Gasteiger partial charge in [-0.05, 0) is 85.6 Å². The van der Waals surface area contributed by atoms with Crippen molar-refractivity contribution in [1.29, 1.82) is 0 Å². The van der Waals surface area contributed by atoms with Gasteiger partial charge in [0.2, 0.25) is 0 Å². The van der Waals surface area contributed by atoms with E-state index in [0.29, 0.717) is 43.0 Å². The molecule has 0 atom stereocenters. The van der Waals surface area contributed by atoms with Crippen LogP contribution in [-0.2, 0) is 12.8 Å². The SMILES string of the molecule is Cc1[nH]c(Cc2ccc(Cl)cc2)nc1-c1ccc(Cl)cc1Cl.Cc1[nH]c(Cc2ccc(Cl)cc2Cl)nc1-c1ccc(Cl)cc1Cl. The molecule has 45 heavy (non-hydrogen) atoms. The maximum Gasteiger partial charge on any atom is 0.111 e. The van der Waals surface area contributed by atoms with Gasteiger partial charge in [0, 0.05) is 60.5 Å². The molecule has 6 aromatic rings. The summed E-state index contributed by atoms with van der Waals surface area (Å²) in [7, 11) is 0. The Labute approximate surface area is 296 Å².